The average molecular weight is 268 g/mol. The molecule has 17 heavy (non-hydrogen) atoms. The van der Waals surface area contributed by atoms with Crippen LogP contribution in [0.4, 0.5) is 0 Å². The van der Waals surface area contributed by atoms with Crippen LogP contribution in [-0.2, 0) is 5.88 Å². The van der Waals surface area contributed by atoms with Crippen LogP contribution in [0.25, 0.3) is 0 Å². The normalized spacial score (nSPS) is 10.3. The molecule has 1 aromatic heterocycles. The molecule has 0 amide bonds. The summed E-state index contributed by atoms with van der Waals surface area (Å²) in [6, 6.07) is 9.14. The zero-order valence-electron chi connectivity index (χ0n) is 9.28. The van der Waals surface area contributed by atoms with Gasteiger partial charge in [0.05, 0.1) is 12.1 Å². The maximum Gasteiger partial charge on any atom is 0.145 e. The van der Waals surface area contributed by atoms with Gasteiger partial charge in [0.15, 0.2) is 0 Å². The van der Waals surface area contributed by atoms with Crippen LogP contribution < -0.4 is 4.74 Å². The fraction of sp³-hybridized carbons (Fsp3) is 0.154. The zero-order valence-corrected chi connectivity index (χ0v) is 10.8. The number of aromatic nitrogens is 1. The number of nitrogens with zero attached hydrogens (tertiary/aromatic N) is 1. The lowest BCUT2D eigenvalue weighted by Crippen LogP contribution is -1.90. The topological polar surface area (TPSA) is 22.1 Å². The second-order valence-corrected chi connectivity index (χ2v) is 4.33. The van der Waals surface area contributed by atoms with E-state index in [4.69, 9.17) is 27.9 Å². The molecular weight excluding hydrogens is 257 g/mol. The summed E-state index contributed by atoms with van der Waals surface area (Å²) in [7, 11) is 0. The van der Waals surface area contributed by atoms with E-state index in [1.165, 1.54) is 0 Å². The maximum atomic E-state index is 5.89. The molecule has 2 aromatic rings. The van der Waals surface area contributed by atoms with Crippen molar-refractivity contribution in [1.29, 1.82) is 0 Å². The van der Waals surface area contributed by atoms with Crippen LogP contribution in [0.3, 0.4) is 0 Å². The molecule has 0 saturated heterocycles. The lowest BCUT2D eigenvalue weighted by molar-refractivity contribution is 0.475. The van der Waals surface area contributed by atoms with Crippen molar-refractivity contribution < 1.29 is 4.74 Å². The molecule has 0 aliphatic heterocycles. The summed E-state index contributed by atoms with van der Waals surface area (Å²) < 4.78 is 5.70. The Morgan fingerprint density at radius 2 is 2.06 bits per heavy atom. The largest absolute Gasteiger partial charge is 0.455 e. The zero-order chi connectivity index (χ0) is 12.3. The number of hydrogen-bond donors (Lipinski definition) is 0. The highest BCUT2D eigenvalue weighted by atomic mass is 35.5. The van der Waals surface area contributed by atoms with E-state index in [0.717, 1.165) is 11.3 Å². The lowest BCUT2D eigenvalue weighted by Gasteiger charge is -2.09. The van der Waals surface area contributed by atoms with Gasteiger partial charge in [0.1, 0.15) is 11.5 Å². The third-order valence-electron chi connectivity index (χ3n) is 2.28. The highest BCUT2D eigenvalue weighted by Crippen LogP contribution is 2.28. The van der Waals surface area contributed by atoms with Crippen molar-refractivity contribution in [2.45, 2.75) is 12.8 Å². The third kappa shape index (κ3) is 3.11. The van der Waals surface area contributed by atoms with Gasteiger partial charge in [-0.1, -0.05) is 11.6 Å². The summed E-state index contributed by atoms with van der Waals surface area (Å²) in [6.45, 7) is 1.93. The summed E-state index contributed by atoms with van der Waals surface area (Å²) in [5, 5.41) is 0.648. The molecule has 0 saturated carbocycles. The first kappa shape index (κ1) is 12.2. The molecule has 88 valence electrons. The number of aryl methyl sites for hydroxylation is 1. The molecule has 0 bridgehead atoms. The van der Waals surface area contributed by atoms with E-state index in [9.17, 15) is 0 Å². The van der Waals surface area contributed by atoms with Gasteiger partial charge in [-0.25, -0.2) is 0 Å². The monoisotopic (exact) mass is 267 g/mol. The predicted octanol–water partition coefficient (Wildman–Crippen LogP) is 4.57. The van der Waals surface area contributed by atoms with Gasteiger partial charge in [-0.3, -0.25) is 4.98 Å². The quantitative estimate of drug-likeness (QED) is 0.760. The fourth-order valence-corrected chi connectivity index (χ4v) is 1.80. The lowest BCUT2D eigenvalue weighted by atomic mass is 10.2. The molecule has 0 spiro atoms. The summed E-state index contributed by atoms with van der Waals surface area (Å²) in [5.74, 6) is 1.74. The highest BCUT2D eigenvalue weighted by molar-refractivity contribution is 6.30. The Kier molecular flexibility index (Phi) is 3.87. The molecule has 1 heterocycles. The molecule has 4 heteroatoms. The molecule has 1 aromatic carbocycles. The van der Waals surface area contributed by atoms with Crippen molar-refractivity contribution in [2.24, 2.45) is 0 Å². The van der Waals surface area contributed by atoms with Crippen LogP contribution in [-0.4, -0.2) is 4.98 Å². The number of hydrogen-bond acceptors (Lipinski definition) is 2. The molecule has 0 atom stereocenters. The summed E-state index contributed by atoms with van der Waals surface area (Å²) in [6.07, 6.45) is 1.68. The van der Waals surface area contributed by atoms with Gasteiger partial charge in [-0.15, -0.1) is 11.6 Å². The number of pyridine rings is 1. The van der Waals surface area contributed by atoms with E-state index in [-0.39, 0.29) is 0 Å². The first-order chi connectivity index (χ1) is 8.19. The minimum Gasteiger partial charge on any atom is -0.455 e. The van der Waals surface area contributed by atoms with Gasteiger partial charge < -0.3 is 4.74 Å². The van der Waals surface area contributed by atoms with Crippen molar-refractivity contribution in [3.8, 4) is 11.5 Å². The molecule has 2 nitrogen and oxygen atoms in total. The van der Waals surface area contributed by atoms with Crippen molar-refractivity contribution in [1.82, 2.24) is 4.98 Å². The summed E-state index contributed by atoms with van der Waals surface area (Å²) >= 11 is 11.7. The van der Waals surface area contributed by atoms with Gasteiger partial charge in [-0.2, -0.15) is 0 Å². The van der Waals surface area contributed by atoms with Gasteiger partial charge in [0.25, 0.3) is 0 Å². The minimum atomic E-state index is 0.356. The van der Waals surface area contributed by atoms with Crippen LogP contribution in [0, 0.1) is 6.92 Å². The highest BCUT2D eigenvalue weighted by Gasteiger charge is 2.05. The van der Waals surface area contributed by atoms with Crippen LogP contribution in [0.1, 0.15) is 11.3 Å². The van der Waals surface area contributed by atoms with E-state index >= 15 is 0 Å². The van der Waals surface area contributed by atoms with Gasteiger partial charge >= 0.3 is 0 Å². The Labute approximate surface area is 110 Å². The van der Waals surface area contributed by atoms with E-state index in [1.54, 1.807) is 24.4 Å². The molecule has 0 unspecified atom stereocenters. The van der Waals surface area contributed by atoms with Crippen molar-refractivity contribution in [3.63, 3.8) is 0 Å². The standard InChI is InChI=1S/C13H11Cl2NO/c1-9-2-4-12(8-16-9)17-13-5-3-11(15)6-10(13)7-14/h2-6,8H,7H2,1H3. The Morgan fingerprint density at radius 3 is 2.71 bits per heavy atom. The second-order valence-electron chi connectivity index (χ2n) is 3.62. The number of ether oxygens (including phenoxy) is 1. The fourth-order valence-electron chi connectivity index (χ4n) is 1.39. The smallest absolute Gasteiger partial charge is 0.145 e. The van der Waals surface area contributed by atoms with Gasteiger partial charge in [0.2, 0.25) is 0 Å². The van der Waals surface area contributed by atoms with E-state index in [2.05, 4.69) is 4.98 Å². The second kappa shape index (κ2) is 5.39. The summed E-state index contributed by atoms with van der Waals surface area (Å²) in [5.41, 5.74) is 1.81. The molecule has 0 radical (unpaired) electrons. The number of benzene rings is 1. The molecule has 0 N–H and O–H groups in total. The van der Waals surface area contributed by atoms with Crippen molar-refractivity contribution in [3.05, 3.63) is 52.8 Å². The average Bonchev–Trinajstić information content (AvgIpc) is 2.34. The molecular formula is C13H11Cl2NO. The first-order valence-electron chi connectivity index (χ1n) is 5.14. The van der Waals surface area contributed by atoms with E-state index < -0.39 is 0 Å². The maximum absolute atomic E-state index is 5.89. The number of rotatable bonds is 3. The Hall–Kier alpha value is -1.25. The van der Waals surface area contributed by atoms with Crippen molar-refractivity contribution in [2.75, 3.05) is 0 Å². The Balaban J connectivity index is 2.26. The molecule has 0 aliphatic carbocycles. The summed E-state index contributed by atoms with van der Waals surface area (Å²) in [4.78, 5) is 4.16. The SMILES string of the molecule is Cc1ccc(Oc2ccc(Cl)cc2CCl)cn1. The van der Waals surface area contributed by atoms with Gasteiger partial charge in [0, 0.05) is 16.3 Å². The molecule has 0 fully saturated rings. The van der Waals surface area contributed by atoms with Crippen LogP contribution in [0.5, 0.6) is 11.5 Å². The number of alkyl halides is 1. The Bertz CT molecular complexity index is 511. The van der Waals surface area contributed by atoms with E-state index in [1.807, 2.05) is 19.1 Å². The van der Waals surface area contributed by atoms with Gasteiger partial charge in [-0.05, 0) is 37.3 Å². The number of halogens is 2. The van der Waals surface area contributed by atoms with Crippen molar-refractivity contribution >= 4 is 23.2 Å². The van der Waals surface area contributed by atoms with E-state index in [0.29, 0.717) is 22.4 Å². The predicted molar refractivity (Wildman–Crippen MR) is 70.1 cm³/mol. The van der Waals surface area contributed by atoms with Crippen LogP contribution >= 0.6 is 23.2 Å². The minimum absolute atomic E-state index is 0.356. The third-order valence-corrected chi connectivity index (χ3v) is 2.80. The van der Waals surface area contributed by atoms with Crippen LogP contribution in [0.2, 0.25) is 5.02 Å². The Morgan fingerprint density at radius 1 is 1.24 bits per heavy atom. The first-order valence-corrected chi connectivity index (χ1v) is 6.05. The molecule has 0 aliphatic rings. The van der Waals surface area contributed by atoms with Crippen LogP contribution in [0.15, 0.2) is 36.5 Å². The molecule has 2 rings (SSSR count).